The fourth-order valence-electron chi connectivity index (χ4n) is 2.79. The number of aromatic nitrogens is 2. The van der Waals surface area contributed by atoms with E-state index in [1.807, 2.05) is 53.9 Å². The first kappa shape index (κ1) is 19.1. The minimum Gasteiger partial charge on any atom is -0.493 e. The van der Waals surface area contributed by atoms with Crippen LogP contribution in [0.2, 0.25) is 0 Å². The molecule has 0 unspecified atom stereocenters. The van der Waals surface area contributed by atoms with Crippen molar-refractivity contribution in [2.75, 3.05) is 19.5 Å². The minimum absolute atomic E-state index is 0.302. The van der Waals surface area contributed by atoms with Crippen molar-refractivity contribution in [3.8, 4) is 33.3 Å². The zero-order valence-electron chi connectivity index (χ0n) is 15.7. The Hall–Kier alpha value is -3.23. The number of rotatable bonds is 6. The molecule has 0 saturated carbocycles. The number of hydrogen-bond acceptors (Lipinski definition) is 7. The third kappa shape index (κ3) is 3.98. The quantitative estimate of drug-likeness (QED) is 0.461. The van der Waals surface area contributed by atoms with E-state index in [9.17, 15) is 4.79 Å². The first-order valence-corrected chi connectivity index (χ1v) is 10.4. The Morgan fingerprint density at radius 3 is 2.52 bits per heavy atom. The highest BCUT2D eigenvalue weighted by atomic mass is 32.1. The van der Waals surface area contributed by atoms with E-state index >= 15 is 0 Å². The van der Waals surface area contributed by atoms with Crippen LogP contribution in [-0.4, -0.2) is 30.1 Å². The molecule has 8 heteroatoms. The molecule has 0 aliphatic carbocycles. The summed E-state index contributed by atoms with van der Waals surface area (Å²) in [6.45, 7) is 0. The van der Waals surface area contributed by atoms with Crippen molar-refractivity contribution in [3.63, 3.8) is 0 Å². The first-order chi connectivity index (χ1) is 14.2. The van der Waals surface area contributed by atoms with Crippen LogP contribution in [-0.2, 0) is 0 Å². The van der Waals surface area contributed by atoms with Crippen LogP contribution in [0.25, 0.3) is 21.8 Å². The molecule has 4 aromatic rings. The number of anilines is 1. The molecular weight excluding hydrogens is 406 g/mol. The number of ether oxygens (including phenoxy) is 2. The molecule has 0 radical (unpaired) electrons. The molecule has 2 aromatic carbocycles. The minimum atomic E-state index is -0.302. The van der Waals surface area contributed by atoms with Crippen molar-refractivity contribution < 1.29 is 14.3 Å². The van der Waals surface area contributed by atoms with Crippen molar-refractivity contribution in [1.29, 1.82) is 0 Å². The average molecular weight is 424 g/mol. The lowest BCUT2D eigenvalue weighted by molar-refractivity contribution is 0.102. The zero-order valence-corrected chi connectivity index (χ0v) is 17.3. The SMILES string of the molecule is COc1cccc(-c2nc(C(=O)Nc3nc(-c4ccccc4)cs3)cs2)c1OC. The van der Waals surface area contributed by atoms with E-state index in [-0.39, 0.29) is 5.91 Å². The molecule has 1 amide bonds. The zero-order chi connectivity index (χ0) is 20.2. The number of methoxy groups -OCH3 is 2. The number of hydrogen-bond donors (Lipinski definition) is 1. The Balaban J connectivity index is 1.53. The molecule has 2 aromatic heterocycles. The standard InChI is InChI=1S/C21H17N3O3S2/c1-26-17-10-6-9-14(18(17)27-2)20-22-16(12-28-20)19(25)24-21-23-15(11-29-21)13-7-4-3-5-8-13/h3-12H,1-2H3,(H,23,24,25). The Morgan fingerprint density at radius 1 is 0.931 bits per heavy atom. The van der Waals surface area contributed by atoms with Gasteiger partial charge in [-0.05, 0) is 12.1 Å². The predicted molar refractivity (Wildman–Crippen MR) is 116 cm³/mol. The predicted octanol–water partition coefficient (Wildman–Crippen LogP) is 5.20. The summed E-state index contributed by atoms with van der Waals surface area (Å²) in [6.07, 6.45) is 0. The van der Waals surface area contributed by atoms with Crippen LogP contribution in [0, 0.1) is 0 Å². The number of thiazole rings is 2. The van der Waals surface area contributed by atoms with E-state index in [0.717, 1.165) is 16.8 Å². The van der Waals surface area contributed by atoms with Gasteiger partial charge in [0.05, 0.1) is 25.5 Å². The lowest BCUT2D eigenvalue weighted by Crippen LogP contribution is -2.12. The van der Waals surface area contributed by atoms with Crippen molar-refractivity contribution in [2.45, 2.75) is 0 Å². The Morgan fingerprint density at radius 2 is 1.76 bits per heavy atom. The number of amides is 1. The normalized spacial score (nSPS) is 10.6. The second-order valence-corrected chi connectivity index (χ2v) is 7.65. The fraction of sp³-hybridized carbons (Fsp3) is 0.0952. The van der Waals surface area contributed by atoms with E-state index in [1.165, 1.54) is 22.7 Å². The van der Waals surface area contributed by atoms with E-state index in [0.29, 0.717) is 27.3 Å². The van der Waals surface area contributed by atoms with Gasteiger partial charge in [0, 0.05) is 16.3 Å². The third-order valence-electron chi connectivity index (χ3n) is 4.16. The summed E-state index contributed by atoms with van der Waals surface area (Å²) in [6, 6.07) is 15.4. The largest absolute Gasteiger partial charge is 0.493 e. The van der Waals surface area contributed by atoms with Gasteiger partial charge in [0.25, 0.3) is 5.91 Å². The van der Waals surface area contributed by atoms with Gasteiger partial charge in [-0.15, -0.1) is 22.7 Å². The molecule has 1 N–H and O–H groups in total. The van der Waals surface area contributed by atoms with E-state index in [1.54, 1.807) is 19.6 Å². The molecular formula is C21H17N3O3S2. The number of para-hydroxylation sites is 1. The van der Waals surface area contributed by atoms with Gasteiger partial charge in [-0.1, -0.05) is 36.4 Å². The lowest BCUT2D eigenvalue weighted by atomic mass is 10.2. The average Bonchev–Trinajstić information content (AvgIpc) is 3.43. The molecule has 6 nitrogen and oxygen atoms in total. The van der Waals surface area contributed by atoms with Crippen LogP contribution in [0.4, 0.5) is 5.13 Å². The summed E-state index contributed by atoms with van der Waals surface area (Å²) < 4.78 is 10.8. The maximum Gasteiger partial charge on any atom is 0.276 e. The summed E-state index contributed by atoms with van der Waals surface area (Å²) in [4.78, 5) is 21.6. The van der Waals surface area contributed by atoms with Crippen molar-refractivity contribution in [2.24, 2.45) is 0 Å². The summed E-state index contributed by atoms with van der Waals surface area (Å²) in [5, 5.41) is 7.66. The molecule has 0 spiro atoms. The number of benzene rings is 2. The van der Waals surface area contributed by atoms with Crippen LogP contribution in [0.5, 0.6) is 11.5 Å². The first-order valence-electron chi connectivity index (χ1n) is 8.68. The Bertz CT molecular complexity index is 1140. The summed E-state index contributed by atoms with van der Waals surface area (Å²) in [7, 11) is 3.16. The lowest BCUT2D eigenvalue weighted by Gasteiger charge is -2.10. The molecule has 0 atom stereocenters. The van der Waals surface area contributed by atoms with Crippen molar-refractivity contribution in [1.82, 2.24) is 9.97 Å². The molecule has 0 aliphatic heterocycles. The number of nitrogens with zero attached hydrogens (tertiary/aromatic N) is 2. The van der Waals surface area contributed by atoms with Crippen molar-refractivity contribution in [3.05, 3.63) is 65.0 Å². The highest BCUT2D eigenvalue weighted by molar-refractivity contribution is 7.14. The van der Waals surface area contributed by atoms with Crippen LogP contribution < -0.4 is 14.8 Å². The highest BCUT2D eigenvalue weighted by Gasteiger charge is 2.18. The smallest absolute Gasteiger partial charge is 0.276 e. The molecule has 0 fully saturated rings. The van der Waals surface area contributed by atoms with Gasteiger partial charge in [-0.25, -0.2) is 9.97 Å². The van der Waals surface area contributed by atoms with Gasteiger partial charge in [0.1, 0.15) is 10.7 Å². The third-order valence-corrected chi connectivity index (χ3v) is 5.80. The number of carbonyl (C=O) groups is 1. The van der Waals surface area contributed by atoms with Gasteiger partial charge in [0.2, 0.25) is 0 Å². The van der Waals surface area contributed by atoms with E-state index in [4.69, 9.17) is 9.47 Å². The molecule has 0 aliphatic rings. The van der Waals surface area contributed by atoms with Gasteiger partial charge < -0.3 is 9.47 Å². The van der Waals surface area contributed by atoms with Gasteiger partial charge in [0.15, 0.2) is 16.6 Å². The maximum atomic E-state index is 12.6. The summed E-state index contributed by atoms with van der Waals surface area (Å²) in [5.41, 5.74) is 2.93. The summed E-state index contributed by atoms with van der Waals surface area (Å²) >= 11 is 2.75. The number of carbonyl (C=O) groups excluding carboxylic acids is 1. The molecule has 146 valence electrons. The maximum absolute atomic E-state index is 12.6. The van der Waals surface area contributed by atoms with Crippen molar-refractivity contribution >= 4 is 33.7 Å². The molecule has 4 rings (SSSR count). The fourth-order valence-corrected chi connectivity index (χ4v) is 4.33. The van der Waals surface area contributed by atoms with E-state index < -0.39 is 0 Å². The van der Waals surface area contributed by atoms with Gasteiger partial charge in [-0.3, -0.25) is 10.1 Å². The highest BCUT2D eigenvalue weighted by Crippen LogP contribution is 2.39. The van der Waals surface area contributed by atoms with Crippen LogP contribution in [0.3, 0.4) is 0 Å². The molecule has 0 bridgehead atoms. The molecule has 29 heavy (non-hydrogen) atoms. The topological polar surface area (TPSA) is 73.3 Å². The Labute approximate surface area is 175 Å². The van der Waals surface area contributed by atoms with E-state index in [2.05, 4.69) is 15.3 Å². The van der Waals surface area contributed by atoms with Gasteiger partial charge >= 0.3 is 0 Å². The molecule has 0 saturated heterocycles. The monoisotopic (exact) mass is 423 g/mol. The second kappa shape index (κ2) is 8.42. The number of nitrogens with one attached hydrogen (secondary N) is 1. The van der Waals surface area contributed by atoms with Gasteiger partial charge in [-0.2, -0.15) is 0 Å². The Kier molecular flexibility index (Phi) is 5.55. The van der Waals surface area contributed by atoms with Crippen LogP contribution in [0.1, 0.15) is 10.5 Å². The summed E-state index contributed by atoms with van der Waals surface area (Å²) in [5.74, 6) is 0.898. The van der Waals surface area contributed by atoms with Crippen LogP contribution in [0.15, 0.2) is 59.3 Å². The van der Waals surface area contributed by atoms with Crippen LogP contribution >= 0.6 is 22.7 Å². The second-order valence-electron chi connectivity index (χ2n) is 5.94. The molecule has 2 heterocycles.